The van der Waals surface area contributed by atoms with Crippen molar-refractivity contribution < 1.29 is 50.0 Å². The van der Waals surface area contributed by atoms with Gasteiger partial charge in [0.15, 0.2) is 6.29 Å². The summed E-state index contributed by atoms with van der Waals surface area (Å²) in [6, 6.07) is -1.16. The van der Waals surface area contributed by atoms with E-state index in [9.17, 15) is 40.5 Å². The van der Waals surface area contributed by atoms with Gasteiger partial charge in [0.25, 0.3) is 0 Å². The minimum absolute atomic E-state index is 0.267. The number of ether oxygens (including phenoxy) is 2. The normalized spacial score (nSPS) is 21.4. The highest BCUT2D eigenvalue weighted by Gasteiger charge is 2.44. The van der Waals surface area contributed by atoms with Gasteiger partial charge in [0.2, 0.25) is 5.91 Å². The zero-order valence-corrected chi connectivity index (χ0v) is 39.4. The van der Waals surface area contributed by atoms with Crippen molar-refractivity contribution >= 4 is 5.91 Å². The molecule has 1 aliphatic heterocycles. The van der Waals surface area contributed by atoms with Crippen molar-refractivity contribution in [1.82, 2.24) is 5.32 Å². The van der Waals surface area contributed by atoms with E-state index in [2.05, 4.69) is 19.2 Å². The molecule has 1 saturated heterocycles. The molecule has 1 heterocycles. The molecule has 11 nitrogen and oxygen atoms in total. The van der Waals surface area contributed by atoms with Crippen LogP contribution in [0.3, 0.4) is 0 Å². The van der Waals surface area contributed by atoms with E-state index >= 15 is 0 Å². The number of rotatable bonds is 44. The molecule has 1 amide bonds. The summed E-state index contributed by atoms with van der Waals surface area (Å²) in [6.07, 6.45) is 31.4. The van der Waals surface area contributed by atoms with Gasteiger partial charge in [-0.2, -0.15) is 0 Å². The van der Waals surface area contributed by atoms with Gasteiger partial charge in [0, 0.05) is 0 Å². The molecule has 11 heteroatoms. The van der Waals surface area contributed by atoms with Crippen LogP contribution >= 0.6 is 0 Å². The number of aliphatic hydroxyl groups is 7. The predicted molar refractivity (Wildman–Crippen MR) is 247 cm³/mol. The third-order valence-electron chi connectivity index (χ3n) is 12.9. The summed E-state index contributed by atoms with van der Waals surface area (Å²) >= 11 is 0. The SMILES string of the molecule is CCCCCCCCCCCCCCCCCCCCC(O)C(=O)NC(COC1OC(CO)C(O)C(O)C1O)C(O)C(O)CCCCCCCCCCCCCCCCCC. The number of nitrogens with one attached hydrogen (secondary N) is 1. The van der Waals surface area contributed by atoms with Crippen LogP contribution in [0.2, 0.25) is 0 Å². The van der Waals surface area contributed by atoms with Crippen LogP contribution in [-0.4, -0.2) is 110 Å². The summed E-state index contributed by atoms with van der Waals surface area (Å²) in [6.45, 7) is 3.47. The highest BCUT2D eigenvalue weighted by Crippen LogP contribution is 2.23. The van der Waals surface area contributed by atoms with Gasteiger partial charge in [-0.1, -0.05) is 232 Å². The van der Waals surface area contributed by atoms with Gasteiger partial charge in [-0.25, -0.2) is 0 Å². The molecular weight excluding hydrogens is 775 g/mol. The molecule has 61 heavy (non-hydrogen) atoms. The van der Waals surface area contributed by atoms with E-state index in [-0.39, 0.29) is 6.42 Å². The lowest BCUT2D eigenvalue weighted by molar-refractivity contribution is -0.303. The number of carbonyl (C=O) groups excluding carboxylic acids is 1. The Morgan fingerprint density at radius 1 is 0.508 bits per heavy atom. The van der Waals surface area contributed by atoms with Gasteiger partial charge < -0.3 is 50.5 Å². The van der Waals surface area contributed by atoms with Crippen LogP contribution in [-0.2, 0) is 14.3 Å². The monoisotopic (exact) mass is 874 g/mol. The van der Waals surface area contributed by atoms with Crippen molar-refractivity contribution in [3.8, 4) is 0 Å². The van der Waals surface area contributed by atoms with E-state index in [4.69, 9.17) is 9.47 Å². The maximum absolute atomic E-state index is 13.1. The Morgan fingerprint density at radius 2 is 0.852 bits per heavy atom. The molecule has 0 saturated carbocycles. The van der Waals surface area contributed by atoms with Crippen LogP contribution in [0.1, 0.15) is 245 Å². The minimum atomic E-state index is -1.66. The Balaban J connectivity index is 2.38. The highest BCUT2D eigenvalue weighted by atomic mass is 16.7. The predicted octanol–water partition coefficient (Wildman–Crippen LogP) is 9.45. The second-order valence-electron chi connectivity index (χ2n) is 18.6. The van der Waals surface area contributed by atoms with Crippen LogP contribution < -0.4 is 5.32 Å². The molecule has 0 aromatic carbocycles. The first-order valence-electron chi connectivity index (χ1n) is 25.9. The number of hydrogen-bond acceptors (Lipinski definition) is 10. The van der Waals surface area contributed by atoms with Crippen LogP contribution in [0.5, 0.6) is 0 Å². The number of amides is 1. The second kappa shape index (κ2) is 40.6. The summed E-state index contributed by atoms with van der Waals surface area (Å²) in [5.41, 5.74) is 0. The standard InChI is InChI=1S/C50H99NO10/c1-3-5-7-9-11-13-15-17-19-21-22-24-26-28-30-32-34-36-38-43(54)49(59)51-41(40-60-50-48(58)47(57)46(56)44(39-52)61-50)45(55)42(53)37-35-33-31-29-27-25-23-20-18-16-14-12-10-8-6-4-2/h41-48,50,52-58H,3-40H2,1-2H3,(H,51,59). The Hall–Kier alpha value is -0.890. The molecular formula is C50H99NO10. The van der Waals surface area contributed by atoms with Crippen LogP contribution in [0.15, 0.2) is 0 Å². The minimum Gasteiger partial charge on any atom is -0.394 e. The van der Waals surface area contributed by atoms with Crippen LogP contribution in [0.4, 0.5) is 0 Å². The van der Waals surface area contributed by atoms with Crippen molar-refractivity contribution in [2.24, 2.45) is 0 Å². The second-order valence-corrected chi connectivity index (χ2v) is 18.6. The summed E-state index contributed by atoms with van der Waals surface area (Å²) in [5.74, 6) is -0.692. The number of carbonyl (C=O) groups is 1. The van der Waals surface area contributed by atoms with E-state index in [1.54, 1.807) is 0 Å². The lowest BCUT2D eigenvalue weighted by atomic mass is 9.98. The number of aliphatic hydroxyl groups excluding tert-OH is 7. The van der Waals surface area contributed by atoms with Crippen LogP contribution in [0, 0.1) is 0 Å². The van der Waals surface area contributed by atoms with E-state index in [1.807, 2.05) is 0 Å². The first-order chi connectivity index (χ1) is 29.7. The quantitative estimate of drug-likeness (QED) is 0.0274. The topological polar surface area (TPSA) is 189 Å². The van der Waals surface area contributed by atoms with Crippen molar-refractivity contribution in [2.75, 3.05) is 13.2 Å². The summed E-state index contributed by atoms with van der Waals surface area (Å²) in [7, 11) is 0. The molecule has 9 atom stereocenters. The molecule has 0 radical (unpaired) electrons. The van der Waals surface area contributed by atoms with E-state index in [0.29, 0.717) is 19.3 Å². The Morgan fingerprint density at radius 3 is 1.21 bits per heavy atom. The van der Waals surface area contributed by atoms with Crippen molar-refractivity contribution in [2.45, 2.75) is 300 Å². The molecule has 8 N–H and O–H groups in total. The zero-order valence-electron chi connectivity index (χ0n) is 39.4. The van der Waals surface area contributed by atoms with Crippen molar-refractivity contribution in [3.05, 3.63) is 0 Å². The van der Waals surface area contributed by atoms with Crippen molar-refractivity contribution in [1.29, 1.82) is 0 Å². The van der Waals surface area contributed by atoms with E-state index in [0.717, 1.165) is 38.5 Å². The first-order valence-corrected chi connectivity index (χ1v) is 25.9. The third kappa shape index (κ3) is 30.0. The van der Waals surface area contributed by atoms with Gasteiger partial charge in [0.05, 0.1) is 25.4 Å². The zero-order chi connectivity index (χ0) is 44.8. The Labute approximate surface area is 373 Å². The summed E-state index contributed by atoms with van der Waals surface area (Å²) in [4.78, 5) is 13.1. The molecule has 0 aromatic rings. The third-order valence-corrected chi connectivity index (χ3v) is 12.9. The van der Waals surface area contributed by atoms with E-state index in [1.165, 1.54) is 167 Å². The first kappa shape index (κ1) is 58.1. The lowest BCUT2D eigenvalue weighted by Gasteiger charge is -2.40. The fourth-order valence-electron chi connectivity index (χ4n) is 8.62. The molecule has 0 spiro atoms. The average molecular weight is 874 g/mol. The smallest absolute Gasteiger partial charge is 0.249 e. The molecule has 0 aliphatic carbocycles. The number of unbranched alkanes of at least 4 members (excludes halogenated alkanes) is 32. The van der Waals surface area contributed by atoms with Gasteiger partial charge in [-0.3, -0.25) is 4.79 Å². The molecule has 1 fully saturated rings. The van der Waals surface area contributed by atoms with E-state index < -0.39 is 74.2 Å². The molecule has 9 unspecified atom stereocenters. The fourth-order valence-corrected chi connectivity index (χ4v) is 8.62. The van der Waals surface area contributed by atoms with Gasteiger partial charge in [-0.15, -0.1) is 0 Å². The fraction of sp³-hybridized carbons (Fsp3) is 0.980. The largest absolute Gasteiger partial charge is 0.394 e. The van der Waals surface area contributed by atoms with Crippen molar-refractivity contribution in [3.63, 3.8) is 0 Å². The highest BCUT2D eigenvalue weighted by molar-refractivity contribution is 5.80. The van der Waals surface area contributed by atoms with Gasteiger partial charge in [0.1, 0.15) is 36.6 Å². The molecule has 1 rings (SSSR count). The molecule has 1 aliphatic rings. The number of hydrogen-bond donors (Lipinski definition) is 8. The summed E-state index contributed by atoms with van der Waals surface area (Å²) < 4.78 is 11.1. The maximum atomic E-state index is 13.1. The van der Waals surface area contributed by atoms with Gasteiger partial charge in [-0.05, 0) is 12.8 Å². The van der Waals surface area contributed by atoms with Gasteiger partial charge >= 0.3 is 0 Å². The average Bonchev–Trinajstić information content (AvgIpc) is 3.26. The molecule has 0 bridgehead atoms. The van der Waals surface area contributed by atoms with Crippen LogP contribution in [0.25, 0.3) is 0 Å². The summed E-state index contributed by atoms with van der Waals surface area (Å²) in [5, 5.41) is 75.9. The molecule has 0 aromatic heterocycles. The maximum Gasteiger partial charge on any atom is 0.249 e. The lowest BCUT2D eigenvalue weighted by Crippen LogP contribution is -2.60. The Bertz CT molecular complexity index is 959. The molecule has 364 valence electrons. The Kier molecular flexibility index (Phi) is 38.7.